The van der Waals surface area contributed by atoms with Crippen LogP contribution in [0.3, 0.4) is 0 Å². The second-order valence-electron chi connectivity index (χ2n) is 6.41. The summed E-state index contributed by atoms with van der Waals surface area (Å²) in [4.78, 5) is 17.1. The number of halogens is 1. The summed E-state index contributed by atoms with van der Waals surface area (Å²) in [6.45, 7) is 0. The molecule has 30 heavy (non-hydrogen) atoms. The number of aliphatic imine (C=N–C) groups is 1. The minimum Gasteiger partial charge on any atom is -0.453 e. The lowest BCUT2D eigenvalue weighted by molar-refractivity contribution is 0.256. The van der Waals surface area contributed by atoms with Crippen molar-refractivity contribution in [3.05, 3.63) is 108 Å². The number of carbonyl (C=O) groups is 1. The molecule has 6 heteroatoms. The van der Waals surface area contributed by atoms with E-state index in [4.69, 9.17) is 16.0 Å². The molecule has 0 aliphatic rings. The monoisotopic (exact) mass is 415 g/mol. The number of hydrogen-bond acceptors (Lipinski definition) is 3. The highest BCUT2D eigenvalue weighted by molar-refractivity contribution is 6.30. The third-order valence-corrected chi connectivity index (χ3v) is 4.48. The Morgan fingerprint density at radius 2 is 1.47 bits per heavy atom. The number of furan rings is 1. The Kier molecular flexibility index (Phi) is 5.92. The smallest absolute Gasteiger partial charge is 0.324 e. The fourth-order valence-electron chi connectivity index (χ4n) is 2.80. The first-order valence-electron chi connectivity index (χ1n) is 9.30. The van der Waals surface area contributed by atoms with Gasteiger partial charge in [-0.25, -0.2) is 9.79 Å². The standard InChI is InChI=1S/C24H18ClN3O2/c25-18-13-11-17(12-14-18)21-15-16-22(30-21)23(26-19-7-3-1-4-8-19)28-24(29)27-20-9-5-2-6-10-20/h1-16H,(H2,26,27,28,29). The molecule has 4 rings (SSSR count). The molecule has 0 fully saturated rings. The largest absolute Gasteiger partial charge is 0.453 e. The molecule has 0 saturated carbocycles. The van der Waals surface area contributed by atoms with Crippen molar-refractivity contribution in [2.75, 3.05) is 5.32 Å². The van der Waals surface area contributed by atoms with Crippen LogP contribution < -0.4 is 10.6 Å². The second kappa shape index (κ2) is 9.11. The van der Waals surface area contributed by atoms with Crippen LogP contribution in [0.1, 0.15) is 5.76 Å². The molecule has 0 unspecified atom stereocenters. The first-order chi connectivity index (χ1) is 14.7. The molecular weight excluding hydrogens is 398 g/mol. The van der Waals surface area contributed by atoms with Crippen molar-refractivity contribution in [3.8, 4) is 11.3 Å². The van der Waals surface area contributed by atoms with E-state index in [-0.39, 0.29) is 0 Å². The molecule has 3 aromatic carbocycles. The van der Waals surface area contributed by atoms with Crippen LogP contribution in [0.25, 0.3) is 11.3 Å². The van der Waals surface area contributed by atoms with E-state index in [1.54, 1.807) is 30.3 Å². The first kappa shape index (κ1) is 19.5. The van der Waals surface area contributed by atoms with Gasteiger partial charge >= 0.3 is 6.03 Å². The lowest BCUT2D eigenvalue weighted by Gasteiger charge is -2.09. The highest BCUT2D eigenvalue weighted by atomic mass is 35.5. The summed E-state index contributed by atoms with van der Waals surface area (Å²) in [6, 6.07) is 29.0. The third-order valence-electron chi connectivity index (χ3n) is 4.23. The number of hydrogen-bond donors (Lipinski definition) is 2. The first-order valence-corrected chi connectivity index (χ1v) is 9.68. The summed E-state index contributed by atoms with van der Waals surface area (Å²) in [5.41, 5.74) is 2.24. The van der Waals surface area contributed by atoms with Gasteiger partial charge in [0.15, 0.2) is 11.6 Å². The van der Waals surface area contributed by atoms with Gasteiger partial charge in [-0.15, -0.1) is 0 Å². The average molecular weight is 416 g/mol. The SMILES string of the molecule is O=C(NC(=Nc1ccccc1)c1ccc(-c2ccc(Cl)cc2)o1)Nc1ccccc1. The van der Waals surface area contributed by atoms with Crippen LogP contribution >= 0.6 is 11.6 Å². The Morgan fingerprint density at radius 3 is 2.17 bits per heavy atom. The van der Waals surface area contributed by atoms with Crippen LogP contribution in [0.15, 0.2) is 106 Å². The van der Waals surface area contributed by atoms with Gasteiger partial charge in [0.1, 0.15) is 5.76 Å². The molecule has 0 bridgehead atoms. The minimum absolute atomic E-state index is 0.301. The summed E-state index contributed by atoms with van der Waals surface area (Å²) in [7, 11) is 0. The third kappa shape index (κ3) is 4.96. The molecular formula is C24H18ClN3O2. The van der Waals surface area contributed by atoms with E-state index in [2.05, 4.69) is 15.6 Å². The normalized spacial score (nSPS) is 11.2. The van der Waals surface area contributed by atoms with Crippen LogP contribution in [0.5, 0.6) is 0 Å². The quantitative estimate of drug-likeness (QED) is 0.295. The molecule has 1 aromatic heterocycles. The Hall–Kier alpha value is -3.83. The maximum atomic E-state index is 12.5. The predicted molar refractivity (Wildman–Crippen MR) is 120 cm³/mol. The van der Waals surface area contributed by atoms with E-state index >= 15 is 0 Å². The summed E-state index contributed by atoms with van der Waals surface area (Å²) in [5.74, 6) is 1.38. The van der Waals surface area contributed by atoms with Gasteiger partial charge in [0.25, 0.3) is 0 Å². The van der Waals surface area contributed by atoms with E-state index in [1.165, 1.54) is 0 Å². The van der Waals surface area contributed by atoms with Crippen molar-refractivity contribution in [3.63, 3.8) is 0 Å². The predicted octanol–water partition coefficient (Wildman–Crippen LogP) is 6.50. The molecule has 0 atom stereocenters. The number of anilines is 1. The molecule has 4 aromatic rings. The fraction of sp³-hybridized carbons (Fsp3) is 0. The van der Waals surface area contributed by atoms with Gasteiger partial charge in [-0.3, -0.25) is 5.32 Å². The van der Waals surface area contributed by atoms with Crippen molar-refractivity contribution in [2.45, 2.75) is 0 Å². The van der Waals surface area contributed by atoms with E-state index in [0.29, 0.717) is 33.8 Å². The lowest BCUT2D eigenvalue weighted by Crippen LogP contribution is -2.34. The van der Waals surface area contributed by atoms with Gasteiger partial charge in [0.05, 0.1) is 5.69 Å². The van der Waals surface area contributed by atoms with Crippen molar-refractivity contribution < 1.29 is 9.21 Å². The molecule has 148 valence electrons. The number of carbonyl (C=O) groups excluding carboxylic acids is 1. The van der Waals surface area contributed by atoms with Crippen LogP contribution in [0.4, 0.5) is 16.2 Å². The molecule has 0 aliphatic carbocycles. The number of rotatable bonds is 4. The highest BCUT2D eigenvalue weighted by Gasteiger charge is 2.14. The Labute approximate surface area is 179 Å². The van der Waals surface area contributed by atoms with Gasteiger partial charge in [0.2, 0.25) is 0 Å². The van der Waals surface area contributed by atoms with Gasteiger partial charge in [0, 0.05) is 16.3 Å². The zero-order chi connectivity index (χ0) is 20.8. The number of amidine groups is 1. The van der Waals surface area contributed by atoms with Crippen LogP contribution in [-0.4, -0.2) is 11.9 Å². The van der Waals surface area contributed by atoms with Crippen LogP contribution in [-0.2, 0) is 0 Å². The zero-order valence-electron chi connectivity index (χ0n) is 15.9. The fourth-order valence-corrected chi connectivity index (χ4v) is 2.93. The molecule has 1 heterocycles. The summed E-state index contributed by atoms with van der Waals surface area (Å²) in [5, 5.41) is 6.22. The Balaban J connectivity index is 1.62. The van der Waals surface area contributed by atoms with Gasteiger partial charge in [-0.1, -0.05) is 48.0 Å². The van der Waals surface area contributed by atoms with Gasteiger partial charge in [-0.2, -0.15) is 0 Å². The maximum Gasteiger partial charge on any atom is 0.324 e. The Bertz CT molecular complexity index is 1150. The molecule has 2 N–H and O–H groups in total. The van der Waals surface area contributed by atoms with E-state index in [9.17, 15) is 4.79 Å². The lowest BCUT2D eigenvalue weighted by atomic mass is 10.2. The number of amides is 2. The zero-order valence-corrected chi connectivity index (χ0v) is 16.6. The van der Waals surface area contributed by atoms with Crippen molar-refractivity contribution >= 4 is 34.8 Å². The van der Waals surface area contributed by atoms with Gasteiger partial charge in [-0.05, 0) is 60.7 Å². The van der Waals surface area contributed by atoms with E-state index in [1.807, 2.05) is 66.7 Å². The van der Waals surface area contributed by atoms with E-state index in [0.717, 1.165) is 5.56 Å². The van der Waals surface area contributed by atoms with E-state index < -0.39 is 6.03 Å². The average Bonchev–Trinajstić information content (AvgIpc) is 3.25. The summed E-state index contributed by atoms with van der Waals surface area (Å²) >= 11 is 5.96. The number of benzene rings is 3. The van der Waals surface area contributed by atoms with Crippen molar-refractivity contribution in [2.24, 2.45) is 4.99 Å². The van der Waals surface area contributed by atoms with Crippen molar-refractivity contribution in [1.82, 2.24) is 5.32 Å². The minimum atomic E-state index is -0.416. The maximum absolute atomic E-state index is 12.5. The Morgan fingerprint density at radius 1 is 0.800 bits per heavy atom. The topological polar surface area (TPSA) is 66.6 Å². The number of urea groups is 1. The molecule has 5 nitrogen and oxygen atoms in total. The second-order valence-corrected chi connectivity index (χ2v) is 6.85. The molecule has 2 amide bonds. The molecule has 0 radical (unpaired) electrons. The van der Waals surface area contributed by atoms with Gasteiger partial charge < -0.3 is 9.73 Å². The molecule has 0 saturated heterocycles. The number of para-hydroxylation sites is 2. The number of nitrogens with one attached hydrogen (secondary N) is 2. The summed E-state index contributed by atoms with van der Waals surface area (Å²) in [6.07, 6.45) is 0. The molecule has 0 spiro atoms. The number of nitrogens with zero attached hydrogens (tertiary/aromatic N) is 1. The summed E-state index contributed by atoms with van der Waals surface area (Å²) < 4.78 is 5.98. The molecule has 0 aliphatic heterocycles. The highest BCUT2D eigenvalue weighted by Crippen LogP contribution is 2.24. The van der Waals surface area contributed by atoms with Crippen LogP contribution in [0.2, 0.25) is 5.02 Å². The van der Waals surface area contributed by atoms with Crippen LogP contribution in [0, 0.1) is 0 Å². The van der Waals surface area contributed by atoms with Crippen molar-refractivity contribution in [1.29, 1.82) is 0 Å².